The lowest BCUT2D eigenvalue weighted by Gasteiger charge is -1.99. The maximum Gasteiger partial charge on any atom is 0.0515 e. The van der Waals surface area contributed by atoms with Crippen LogP contribution in [0.3, 0.4) is 0 Å². The van der Waals surface area contributed by atoms with Crippen LogP contribution in [0.15, 0.2) is 12.7 Å². The first-order chi connectivity index (χ1) is 4.24. The Balaban J connectivity index is 2.12. The molecule has 1 rings (SSSR count). The number of hydrogen-bond acceptors (Lipinski definition) is 1. The molecule has 0 saturated heterocycles. The van der Waals surface area contributed by atoms with Crippen LogP contribution in [0.5, 0.6) is 0 Å². The van der Waals surface area contributed by atoms with Gasteiger partial charge in [-0.05, 0) is 31.6 Å². The fourth-order valence-electron chi connectivity index (χ4n) is 1.27. The topological polar surface area (TPSA) is 20.2 Å². The number of aliphatic hydroxyl groups is 1. The van der Waals surface area contributed by atoms with E-state index in [1.54, 1.807) is 0 Å². The third-order valence-electron chi connectivity index (χ3n) is 1.92. The first-order valence-electron chi connectivity index (χ1n) is 3.54. The lowest BCUT2D eigenvalue weighted by Crippen LogP contribution is -2.00. The molecule has 1 unspecified atom stereocenters. The van der Waals surface area contributed by atoms with Gasteiger partial charge < -0.3 is 5.11 Å². The van der Waals surface area contributed by atoms with Crippen LogP contribution in [-0.2, 0) is 0 Å². The Bertz CT molecular complexity index is 107. The first-order valence-corrected chi connectivity index (χ1v) is 3.54. The molecule has 0 aromatic carbocycles. The average Bonchev–Trinajstić information content (AvgIpc) is 2.45. The average molecular weight is 126 g/mol. The molecular weight excluding hydrogens is 112 g/mol. The Hall–Kier alpha value is -0.300. The summed E-state index contributed by atoms with van der Waals surface area (Å²) in [7, 11) is 0. The van der Waals surface area contributed by atoms with Gasteiger partial charge in [-0.1, -0.05) is 6.08 Å². The zero-order valence-corrected chi connectivity index (χ0v) is 5.88. The number of hydrogen-bond donors (Lipinski definition) is 1. The molecule has 0 aromatic heterocycles. The molecular formula is C8H14O. The molecule has 52 valence electrons. The van der Waals surface area contributed by atoms with Crippen molar-refractivity contribution in [2.45, 2.75) is 25.9 Å². The minimum Gasteiger partial charge on any atom is -0.393 e. The summed E-state index contributed by atoms with van der Waals surface area (Å²) in [5.41, 5.74) is 0. The zero-order chi connectivity index (χ0) is 6.85. The van der Waals surface area contributed by atoms with Crippen molar-refractivity contribution < 1.29 is 5.11 Å². The molecule has 0 amide bonds. The van der Waals surface area contributed by atoms with Crippen LogP contribution in [-0.4, -0.2) is 11.2 Å². The predicted octanol–water partition coefficient (Wildman–Crippen LogP) is 1.58. The van der Waals surface area contributed by atoms with Crippen LogP contribution in [0, 0.1) is 11.8 Å². The molecule has 0 bridgehead atoms. The van der Waals surface area contributed by atoms with Gasteiger partial charge in [-0.2, -0.15) is 0 Å². The maximum atomic E-state index is 8.94. The summed E-state index contributed by atoms with van der Waals surface area (Å²) in [5, 5.41) is 8.94. The molecule has 0 aliphatic heterocycles. The molecule has 1 aliphatic carbocycles. The predicted molar refractivity (Wildman–Crippen MR) is 38.1 cm³/mol. The highest BCUT2D eigenvalue weighted by Gasteiger charge is 2.34. The maximum absolute atomic E-state index is 8.94. The Morgan fingerprint density at radius 1 is 1.89 bits per heavy atom. The quantitative estimate of drug-likeness (QED) is 0.569. The van der Waals surface area contributed by atoms with Crippen LogP contribution >= 0.6 is 0 Å². The van der Waals surface area contributed by atoms with Crippen LogP contribution in [0.4, 0.5) is 0 Å². The fraction of sp³-hybridized carbons (Fsp3) is 0.750. The normalized spacial score (nSPS) is 35.8. The molecule has 1 N–H and O–H groups in total. The van der Waals surface area contributed by atoms with E-state index in [0.29, 0.717) is 5.92 Å². The molecule has 1 saturated carbocycles. The number of rotatable bonds is 3. The van der Waals surface area contributed by atoms with E-state index in [1.807, 2.05) is 13.0 Å². The standard InChI is InChI=1S/C8H14O/c1-3-7-5-8(7)4-6(2)9/h3,6-9H,1,4-5H2,2H3/t6?,7-,8-/m0/s1. The van der Waals surface area contributed by atoms with Gasteiger partial charge in [0.05, 0.1) is 6.10 Å². The largest absolute Gasteiger partial charge is 0.393 e. The van der Waals surface area contributed by atoms with E-state index in [4.69, 9.17) is 5.11 Å². The van der Waals surface area contributed by atoms with Crippen molar-refractivity contribution >= 4 is 0 Å². The van der Waals surface area contributed by atoms with Gasteiger partial charge in [0.15, 0.2) is 0 Å². The number of allylic oxidation sites excluding steroid dienone is 1. The van der Waals surface area contributed by atoms with Gasteiger partial charge in [-0.3, -0.25) is 0 Å². The van der Waals surface area contributed by atoms with E-state index < -0.39 is 0 Å². The van der Waals surface area contributed by atoms with Crippen molar-refractivity contribution in [2.24, 2.45) is 11.8 Å². The highest BCUT2D eigenvalue weighted by Crippen LogP contribution is 2.42. The summed E-state index contributed by atoms with van der Waals surface area (Å²) < 4.78 is 0. The molecule has 1 heteroatoms. The second kappa shape index (κ2) is 2.53. The summed E-state index contributed by atoms with van der Waals surface area (Å²) in [6.45, 7) is 5.54. The van der Waals surface area contributed by atoms with Gasteiger partial charge in [0, 0.05) is 0 Å². The van der Waals surface area contributed by atoms with E-state index in [1.165, 1.54) is 6.42 Å². The molecule has 1 aliphatic rings. The van der Waals surface area contributed by atoms with Crippen LogP contribution < -0.4 is 0 Å². The van der Waals surface area contributed by atoms with Gasteiger partial charge >= 0.3 is 0 Å². The van der Waals surface area contributed by atoms with Gasteiger partial charge in [-0.15, -0.1) is 6.58 Å². The van der Waals surface area contributed by atoms with E-state index in [2.05, 4.69) is 6.58 Å². The summed E-state index contributed by atoms with van der Waals surface area (Å²) in [4.78, 5) is 0. The SMILES string of the molecule is C=C[C@H]1C[C@@H]1CC(C)O. The minimum atomic E-state index is -0.125. The van der Waals surface area contributed by atoms with Crippen molar-refractivity contribution in [1.82, 2.24) is 0 Å². The Kier molecular flexibility index (Phi) is 1.91. The van der Waals surface area contributed by atoms with Crippen LogP contribution in [0.2, 0.25) is 0 Å². The Morgan fingerprint density at radius 3 is 2.89 bits per heavy atom. The molecule has 3 atom stereocenters. The van der Waals surface area contributed by atoms with Gasteiger partial charge in [0.1, 0.15) is 0 Å². The summed E-state index contributed by atoms with van der Waals surface area (Å²) in [6, 6.07) is 0. The molecule has 9 heavy (non-hydrogen) atoms. The summed E-state index contributed by atoms with van der Waals surface area (Å²) in [6.07, 6.45) is 4.07. The monoisotopic (exact) mass is 126 g/mol. The van der Waals surface area contributed by atoms with Crippen LogP contribution in [0.25, 0.3) is 0 Å². The summed E-state index contributed by atoms with van der Waals surface area (Å²) in [5.74, 6) is 1.45. The van der Waals surface area contributed by atoms with Crippen molar-refractivity contribution in [3.05, 3.63) is 12.7 Å². The van der Waals surface area contributed by atoms with E-state index in [0.717, 1.165) is 12.3 Å². The Morgan fingerprint density at radius 2 is 2.56 bits per heavy atom. The minimum absolute atomic E-state index is 0.125. The van der Waals surface area contributed by atoms with Gasteiger partial charge in [0.2, 0.25) is 0 Å². The Labute approximate surface area is 56.4 Å². The van der Waals surface area contributed by atoms with Gasteiger partial charge in [-0.25, -0.2) is 0 Å². The van der Waals surface area contributed by atoms with Crippen molar-refractivity contribution in [3.63, 3.8) is 0 Å². The van der Waals surface area contributed by atoms with Crippen molar-refractivity contribution in [3.8, 4) is 0 Å². The van der Waals surface area contributed by atoms with Crippen molar-refractivity contribution in [2.75, 3.05) is 0 Å². The lowest BCUT2D eigenvalue weighted by atomic mass is 10.2. The molecule has 0 heterocycles. The molecule has 0 spiro atoms. The molecule has 1 nitrogen and oxygen atoms in total. The zero-order valence-electron chi connectivity index (χ0n) is 5.88. The highest BCUT2D eigenvalue weighted by atomic mass is 16.3. The van der Waals surface area contributed by atoms with E-state index in [-0.39, 0.29) is 6.10 Å². The number of aliphatic hydroxyl groups excluding tert-OH is 1. The second-order valence-corrected chi connectivity index (χ2v) is 2.98. The second-order valence-electron chi connectivity index (χ2n) is 2.98. The molecule has 1 fully saturated rings. The van der Waals surface area contributed by atoms with Gasteiger partial charge in [0.25, 0.3) is 0 Å². The first kappa shape index (κ1) is 6.81. The molecule has 0 aromatic rings. The summed E-state index contributed by atoms with van der Waals surface area (Å²) >= 11 is 0. The fourth-order valence-corrected chi connectivity index (χ4v) is 1.27. The van der Waals surface area contributed by atoms with E-state index in [9.17, 15) is 0 Å². The van der Waals surface area contributed by atoms with E-state index >= 15 is 0 Å². The third-order valence-corrected chi connectivity index (χ3v) is 1.92. The van der Waals surface area contributed by atoms with Crippen molar-refractivity contribution in [1.29, 1.82) is 0 Å². The van der Waals surface area contributed by atoms with Crippen LogP contribution in [0.1, 0.15) is 19.8 Å². The third kappa shape index (κ3) is 1.83. The molecule has 0 radical (unpaired) electrons. The highest BCUT2D eigenvalue weighted by molar-refractivity contribution is 4.98. The smallest absolute Gasteiger partial charge is 0.0515 e. The lowest BCUT2D eigenvalue weighted by molar-refractivity contribution is 0.176.